The number of carbonyl (C=O) groups is 1. The lowest BCUT2D eigenvalue weighted by Gasteiger charge is -2.14. The van der Waals surface area contributed by atoms with Crippen LogP contribution >= 0.6 is 7.80 Å². The Bertz CT molecular complexity index is 318. The molecule has 0 aromatic carbocycles. The highest BCUT2D eigenvalue weighted by Gasteiger charge is 2.24. The summed E-state index contributed by atoms with van der Waals surface area (Å²) in [6, 6.07) is 0. The summed E-state index contributed by atoms with van der Waals surface area (Å²) in [6.45, 7) is 3.55. The van der Waals surface area contributed by atoms with Crippen LogP contribution in [-0.2, 0) is 9.36 Å². The van der Waals surface area contributed by atoms with Gasteiger partial charge in [0.15, 0.2) is 0 Å². The fourth-order valence-corrected chi connectivity index (χ4v) is 3.01. The van der Waals surface area contributed by atoms with Crippen LogP contribution in [0.15, 0.2) is 11.6 Å². The highest BCUT2D eigenvalue weighted by atomic mass is 31.1. The van der Waals surface area contributed by atoms with Crippen molar-refractivity contribution in [2.75, 3.05) is 6.16 Å². The Morgan fingerprint density at radius 1 is 1.50 bits per heavy atom. The van der Waals surface area contributed by atoms with Gasteiger partial charge >= 0.3 is 5.97 Å². The second-order valence-corrected chi connectivity index (χ2v) is 6.54. The van der Waals surface area contributed by atoms with Crippen LogP contribution in [0.4, 0.5) is 0 Å². The summed E-state index contributed by atoms with van der Waals surface area (Å²) < 4.78 is 11.7. The van der Waals surface area contributed by atoms with Crippen LogP contribution in [0.1, 0.15) is 26.7 Å². The van der Waals surface area contributed by atoms with E-state index in [0.29, 0.717) is 5.92 Å². The van der Waals surface area contributed by atoms with Crippen molar-refractivity contribution in [1.29, 1.82) is 0 Å². The van der Waals surface area contributed by atoms with Gasteiger partial charge in [-0.25, -0.2) is 4.79 Å². The number of allylic oxidation sites excluding steroid dienone is 1. The van der Waals surface area contributed by atoms with Crippen molar-refractivity contribution in [3.8, 4) is 0 Å². The number of carboxylic acids is 1. The van der Waals surface area contributed by atoms with E-state index in [-0.39, 0.29) is 17.7 Å². The van der Waals surface area contributed by atoms with Gasteiger partial charge in [-0.05, 0) is 24.7 Å². The standard InChI is InChI=1S/C11H19O4P/c1-7(2)11(14)16(15)6-9(10(12)13)5-8-3-4-8/h5,7-8,11,14,16H,3-4,6H2,1-2H3,(H,12,13)/b9-5+. The van der Waals surface area contributed by atoms with Gasteiger partial charge in [-0.15, -0.1) is 0 Å². The number of carboxylic acid groups (broad SMARTS) is 1. The van der Waals surface area contributed by atoms with Gasteiger partial charge in [-0.3, -0.25) is 0 Å². The normalized spacial score (nSPS) is 20.9. The lowest BCUT2D eigenvalue weighted by atomic mass is 10.2. The van der Waals surface area contributed by atoms with E-state index in [9.17, 15) is 14.5 Å². The Morgan fingerprint density at radius 3 is 2.44 bits per heavy atom. The number of hydrogen-bond donors (Lipinski definition) is 2. The molecule has 0 bridgehead atoms. The summed E-state index contributed by atoms with van der Waals surface area (Å²) >= 11 is 0. The summed E-state index contributed by atoms with van der Waals surface area (Å²) in [5.41, 5.74) is 0.200. The Kier molecular flexibility index (Phi) is 4.75. The van der Waals surface area contributed by atoms with Crippen molar-refractivity contribution in [3.05, 3.63) is 11.6 Å². The Labute approximate surface area is 96.1 Å². The molecule has 0 aromatic rings. The predicted octanol–water partition coefficient (Wildman–Crippen LogP) is 1.94. The zero-order valence-corrected chi connectivity index (χ0v) is 10.6. The molecule has 2 unspecified atom stereocenters. The van der Waals surface area contributed by atoms with Crippen LogP contribution in [0.2, 0.25) is 0 Å². The predicted molar refractivity (Wildman–Crippen MR) is 63.2 cm³/mol. The first kappa shape index (κ1) is 13.5. The van der Waals surface area contributed by atoms with Crippen LogP contribution in [0, 0.1) is 11.8 Å². The maximum atomic E-state index is 11.7. The van der Waals surface area contributed by atoms with E-state index in [2.05, 4.69) is 0 Å². The topological polar surface area (TPSA) is 74.6 Å². The molecule has 92 valence electrons. The SMILES string of the molecule is CC(C)C(O)[PH](=O)C/C(=C\C1CC1)C(=O)O. The number of hydrogen-bond acceptors (Lipinski definition) is 3. The van der Waals surface area contributed by atoms with E-state index in [1.54, 1.807) is 19.9 Å². The molecule has 0 spiro atoms. The molecule has 2 N–H and O–H groups in total. The molecular formula is C11H19O4P. The minimum Gasteiger partial charge on any atom is -0.478 e. The van der Waals surface area contributed by atoms with Crippen LogP contribution in [0.3, 0.4) is 0 Å². The zero-order chi connectivity index (χ0) is 12.3. The third kappa shape index (κ3) is 4.11. The van der Waals surface area contributed by atoms with E-state index >= 15 is 0 Å². The van der Waals surface area contributed by atoms with Gasteiger partial charge in [0.2, 0.25) is 0 Å². The number of aliphatic carboxylic acids is 1. The van der Waals surface area contributed by atoms with E-state index in [4.69, 9.17) is 5.11 Å². The molecule has 16 heavy (non-hydrogen) atoms. The summed E-state index contributed by atoms with van der Waals surface area (Å²) in [7, 11) is -2.27. The summed E-state index contributed by atoms with van der Waals surface area (Å²) in [5.74, 6) is -1.65. The van der Waals surface area contributed by atoms with Gasteiger partial charge in [-0.1, -0.05) is 19.9 Å². The van der Waals surface area contributed by atoms with Crippen molar-refractivity contribution in [3.63, 3.8) is 0 Å². The lowest BCUT2D eigenvalue weighted by Crippen LogP contribution is -2.13. The summed E-state index contributed by atoms with van der Waals surface area (Å²) in [5, 5.41) is 18.5. The molecule has 4 nitrogen and oxygen atoms in total. The molecule has 0 radical (unpaired) electrons. The molecule has 0 saturated heterocycles. The van der Waals surface area contributed by atoms with Gasteiger partial charge < -0.3 is 14.8 Å². The molecule has 1 aliphatic carbocycles. The molecule has 0 aromatic heterocycles. The lowest BCUT2D eigenvalue weighted by molar-refractivity contribution is -0.132. The Hall–Kier alpha value is -0.600. The van der Waals surface area contributed by atoms with Crippen molar-refractivity contribution < 1.29 is 19.6 Å². The van der Waals surface area contributed by atoms with Gasteiger partial charge in [-0.2, -0.15) is 0 Å². The zero-order valence-electron chi connectivity index (χ0n) is 9.64. The van der Waals surface area contributed by atoms with Crippen molar-refractivity contribution >= 4 is 13.8 Å². The highest BCUT2D eigenvalue weighted by molar-refractivity contribution is 7.45. The van der Waals surface area contributed by atoms with Gasteiger partial charge in [0.05, 0.1) is 0 Å². The van der Waals surface area contributed by atoms with E-state index in [1.807, 2.05) is 0 Å². The molecule has 1 saturated carbocycles. The smallest absolute Gasteiger partial charge is 0.331 e. The maximum absolute atomic E-state index is 11.7. The number of aliphatic hydroxyl groups is 1. The quantitative estimate of drug-likeness (QED) is 0.554. The molecule has 1 fully saturated rings. The average Bonchev–Trinajstić information content (AvgIpc) is 2.98. The fraction of sp³-hybridized carbons (Fsp3) is 0.727. The largest absolute Gasteiger partial charge is 0.478 e. The van der Waals surface area contributed by atoms with Crippen LogP contribution in [0.5, 0.6) is 0 Å². The molecular weight excluding hydrogens is 227 g/mol. The third-order valence-corrected chi connectivity index (χ3v) is 4.72. The second kappa shape index (κ2) is 5.65. The van der Waals surface area contributed by atoms with Crippen LogP contribution in [-0.4, -0.2) is 28.2 Å². The first-order valence-corrected chi connectivity index (χ1v) is 7.26. The minimum atomic E-state index is -2.27. The van der Waals surface area contributed by atoms with Crippen molar-refractivity contribution in [2.45, 2.75) is 32.5 Å². The Morgan fingerprint density at radius 2 is 2.06 bits per heavy atom. The molecule has 1 aliphatic rings. The fourth-order valence-electron chi connectivity index (χ4n) is 1.42. The molecule has 0 heterocycles. The second-order valence-electron chi connectivity index (χ2n) is 4.67. The van der Waals surface area contributed by atoms with Gasteiger partial charge in [0.25, 0.3) is 0 Å². The summed E-state index contributed by atoms with van der Waals surface area (Å²) in [4.78, 5) is 10.9. The maximum Gasteiger partial charge on any atom is 0.331 e. The number of aliphatic hydroxyl groups excluding tert-OH is 1. The molecule has 0 aliphatic heterocycles. The number of rotatable bonds is 6. The molecule has 1 rings (SSSR count). The van der Waals surface area contributed by atoms with Crippen molar-refractivity contribution in [2.24, 2.45) is 11.8 Å². The van der Waals surface area contributed by atoms with Crippen LogP contribution < -0.4 is 0 Å². The highest BCUT2D eigenvalue weighted by Crippen LogP contribution is 2.36. The molecule has 2 atom stereocenters. The van der Waals surface area contributed by atoms with Gasteiger partial charge in [0, 0.05) is 11.7 Å². The minimum absolute atomic E-state index is 0.00977. The molecule has 0 amide bonds. The molecule has 5 heteroatoms. The first-order valence-electron chi connectivity index (χ1n) is 5.56. The first-order chi connectivity index (χ1) is 7.41. The van der Waals surface area contributed by atoms with E-state index in [1.165, 1.54) is 0 Å². The van der Waals surface area contributed by atoms with E-state index < -0.39 is 19.6 Å². The monoisotopic (exact) mass is 246 g/mol. The summed E-state index contributed by atoms with van der Waals surface area (Å²) in [6.07, 6.45) is 3.74. The van der Waals surface area contributed by atoms with E-state index in [0.717, 1.165) is 12.8 Å². The van der Waals surface area contributed by atoms with Crippen LogP contribution in [0.25, 0.3) is 0 Å². The average molecular weight is 246 g/mol. The Balaban J connectivity index is 2.61. The third-order valence-electron chi connectivity index (χ3n) is 2.66. The van der Waals surface area contributed by atoms with Gasteiger partial charge in [0.1, 0.15) is 13.6 Å². The van der Waals surface area contributed by atoms with Crippen molar-refractivity contribution in [1.82, 2.24) is 0 Å².